The molecule has 2 N–H and O–H groups in total. The average molecular weight is 354 g/mol. The van der Waals surface area contributed by atoms with Crippen molar-refractivity contribution in [3.8, 4) is 0 Å². The first-order valence-electron chi connectivity index (χ1n) is 10.1. The molecular formula is C19H39N5O. The van der Waals surface area contributed by atoms with Crippen molar-refractivity contribution in [3.63, 3.8) is 0 Å². The lowest BCUT2D eigenvalue weighted by atomic mass is 9.75. The van der Waals surface area contributed by atoms with Gasteiger partial charge in [0.2, 0.25) is 0 Å². The maximum Gasteiger partial charge on any atom is 0.191 e. The summed E-state index contributed by atoms with van der Waals surface area (Å²) in [6, 6.07) is 0. The normalized spacial score (nSPS) is 29.0. The Hall–Kier alpha value is -0.850. The quantitative estimate of drug-likeness (QED) is 0.535. The summed E-state index contributed by atoms with van der Waals surface area (Å²) in [5.41, 5.74) is 0.213. The minimum Gasteiger partial charge on any atom is -0.379 e. The van der Waals surface area contributed by atoms with Gasteiger partial charge < -0.3 is 20.3 Å². The summed E-state index contributed by atoms with van der Waals surface area (Å²) in [5.74, 6) is 1.75. The van der Waals surface area contributed by atoms with Crippen LogP contribution in [-0.2, 0) is 4.74 Å². The lowest BCUT2D eigenvalue weighted by Crippen LogP contribution is -2.51. The second-order valence-electron chi connectivity index (χ2n) is 7.90. The molecule has 0 bridgehead atoms. The Morgan fingerprint density at radius 3 is 2.68 bits per heavy atom. The summed E-state index contributed by atoms with van der Waals surface area (Å²) in [6.07, 6.45) is 5.17. The predicted octanol–water partition coefficient (Wildman–Crippen LogP) is 1.38. The molecule has 0 spiro atoms. The van der Waals surface area contributed by atoms with Crippen molar-refractivity contribution >= 4 is 5.96 Å². The summed E-state index contributed by atoms with van der Waals surface area (Å²) in [6.45, 7) is 12.0. The van der Waals surface area contributed by atoms with Gasteiger partial charge in [-0.15, -0.1) is 0 Å². The Labute approximate surface area is 154 Å². The van der Waals surface area contributed by atoms with Crippen LogP contribution in [0.1, 0.15) is 39.5 Å². The molecule has 0 aromatic rings. The number of hydrogen-bond donors (Lipinski definition) is 2. The molecule has 0 aromatic carbocycles. The van der Waals surface area contributed by atoms with E-state index in [0.717, 1.165) is 64.4 Å². The SMILES string of the molecule is CCNC(=NCC1(N(C)C)CCCC(C)C1)NCCN1CCOCC1. The van der Waals surface area contributed by atoms with Crippen LogP contribution in [0.3, 0.4) is 0 Å². The van der Waals surface area contributed by atoms with Gasteiger partial charge in [0, 0.05) is 38.3 Å². The van der Waals surface area contributed by atoms with E-state index in [0.29, 0.717) is 0 Å². The molecule has 2 fully saturated rings. The number of guanidine groups is 1. The Morgan fingerprint density at radius 2 is 2.04 bits per heavy atom. The van der Waals surface area contributed by atoms with Crippen molar-refractivity contribution in [2.45, 2.75) is 45.1 Å². The van der Waals surface area contributed by atoms with E-state index in [9.17, 15) is 0 Å². The van der Waals surface area contributed by atoms with Crippen LogP contribution in [0.25, 0.3) is 0 Å². The van der Waals surface area contributed by atoms with E-state index in [1.54, 1.807) is 0 Å². The topological polar surface area (TPSA) is 52.1 Å². The Morgan fingerprint density at radius 1 is 1.28 bits per heavy atom. The minimum atomic E-state index is 0.213. The van der Waals surface area contributed by atoms with Gasteiger partial charge in [-0.2, -0.15) is 0 Å². The van der Waals surface area contributed by atoms with Crippen molar-refractivity contribution in [2.75, 3.05) is 66.6 Å². The van der Waals surface area contributed by atoms with Crippen LogP contribution < -0.4 is 10.6 Å². The third kappa shape index (κ3) is 6.42. The summed E-state index contributed by atoms with van der Waals surface area (Å²) < 4.78 is 5.41. The second-order valence-corrected chi connectivity index (χ2v) is 7.90. The first-order chi connectivity index (χ1) is 12.1. The standard InChI is InChI=1S/C19H39N5O/c1-5-20-18(21-9-10-24-11-13-25-14-12-24)22-16-19(23(3)4)8-6-7-17(2)15-19/h17H,5-16H2,1-4H3,(H2,20,21,22). The third-order valence-electron chi connectivity index (χ3n) is 5.72. The lowest BCUT2D eigenvalue weighted by molar-refractivity contribution is 0.0389. The molecular weight excluding hydrogens is 314 g/mol. The molecule has 2 aliphatic rings. The monoisotopic (exact) mass is 353 g/mol. The van der Waals surface area contributed by atoms with E-state index in [-0.39, 0.29) is 5.54 Å². The lowest BCUT2D eigenvalue weighted by Gasteiger charge is -2.44. The second kappa shape index (κ2) is 10.3. The molecule has 2 atom stereocenters. The molecule has 1 saturated carbocycles. The van der Waals surface area contributed by atoms with Gasteiger partial charge >= 0.3 is 0 Å². The number of hydrogen-bond acceptors (Lipinski definition) is 4. The first-order valence-corrected chi connectivity index (χ1v) is 10.1. The Kier molecular flexibility index (Phi) is 8.46. The Balaban J connectivity index is 1.88. The summed E-state index contributed by atoms with van der Waals surface area (Å²) in [5, 5.41) is 6.92. The molecule has 6 heteroatoms. The highest BCUT2D eigenvalue weighted by molar-refractivity contribution is 5.79. The van der Waals surface area contributed by atoms with Crippen LogP contribution in [0, 0.1) is 5.92 Å². The van der Waals surface area contributed by atoms with Crippen molar-refractivity contribution in [2.24, 2.45) is 10.9 Å². The molecule has 25 heavy (non-hydrogen) atoms. The zero-order chi connectivity index (χ0) is 18.1. The fraction of sp³-hybridized carbons (Fsp3) is 0.947. The molecule has 0 radical (unpaired) electrons. The van der Waals surface area contributed by atoms with Gasteiger partial charge in [-0.05, 0) is 39.8 Å². The maximum atomic E-state index is 5.41. The molecule has 146 valence electrons. The van der Waals surface area contributed by atoms with Crippen molar-refractivity contribution in [1.29, 1.82) is 0 Å². The van der Waals surface area contributed by atoms with Gasteiger partial charge in [-0.25, -0.2) is 0 Å². The molecule has 1 aliphatic heterocycles. The highest BCUT2D eigenvalue weighted by Crippen LogP contribution is 2.35. The van der Waals surface area contributed by atoms with Crippen LogP contribution >= 0.6 is 0 Å². The largest absolute Gasteiger partial charge is 0.379 e. The molecule has 0 amide bonds. The smallest absolute Gasteiger partial charge is 0.191 e. The van der Waals surface area contributed by atoms with Gasteiger partial charge in [-0.3, -0.25) is 9.89 Å². The summed E-state index contributed by atoms with van der Waals surface area (Å²) in [4.78, 5) is 9.81. The van der Waals surface area contributed by atoms with E-state index >= 15 is 0 Å². The molecule has 2 unspecified atom stereocenters. The number of likely N-dealkylation sites (N-methyl/N-ethyl adjacent to an activating group) is 1. The Bertz CT molecular complexity index is 409. The molecule has 2 rings (SSSR count). The number of aliphatic imine (C=N–C) groups is 1. The molecule has 1 heterocycles. The van der Waals surface area contributed by atoms with E-state index in [1.807, 2.05) is 0 Å². The fourth-order valence-corrected chi connectivity index (χ4v) is 4.05. The number of nitrogens with zero attached hydrogens (tertiary/aromatic N) is 3. The number of nitrogens with one attached hydrogen (secondary N) is 2. The predicted molar refractivity (Wildman–Crippen MR) is 105 cm³/mol. The maximum absolute atomic E-state index is 5.41. The highest BCUT2D eigenvalue weighted by Gasteiger charge is 2.36. The van der Waals surface area contributed by atoms with E-state index in [4.69, 9.17) is 9.73 Å². The molecule has 1 aliphatic carbocycles. The third-order valence-corrected chi connectivity index (χ3v) is 5.72. The highest BCUT2D eigenvalue weighted by atomic mass is 16.5. The number of ether oxygens (including phenoxy) is 1. The van der Waals surface area contributed by atoms with Crippen molar-refractivity contribution in [3.05, 3.63) is 0 Å². The summed E-state index contributed by atoms with van der Waals surface area (Å²) in [7, 11) is 4.43. The van der Waals surface area contributed by atoms with E-state index < -0.39 is 0 Å². The molecule has 0 aromatic heterocycles. The number of morpholine rings is 1. The zero-order valence-electron chi connectivity index (χ0n) is 16.8. The van der Waals surface area contributed by atoms with Gasteiger partial charge in [-0.1, -0.05) is 19.8 Å². The first kappa shape index (κ1) is 20.5. The zero-order valence-corrected chi connectivity index (χ0v) is 16.8. The fourth-order valence-electron chi connectivity index (χ4n) is 4.05. The number of rotatable bonds is 7. The molecule has 6 nitrogen and oxygen atoms in total. The van der Waals surface area contributed by atoms with Crippen LogP contribution in [0.4, 0.5) is 0 Å². The van der Waals surface area contributed by atoms with E-state index in [1.165, 1.54) is 25.7 Å². The van der Waals surface area contributed by atoms with Gasteiger partial charge in [0.25, 0.3) is 0 Å². The van der Waals surface area contributed by atoms with Crippen molar-refractivity contribution < 1.29 is 4.74 Å². The summed E-state index contributed by atoms with van der Waals surface area (Å²) >= 11 is 0. The van der Waals surface area contributed by atoms with Crippen molar-refractivity contribution in [1.82, 2.24) is 20.4 Å². The minimum absolute atomic E-state index is 0.213. The van der Waals surface area contributed by atoms with E-state index in [2.05, 4.69) is 48.4 Å². The van der Waals surface area contributed by atoms with Crippen LogP contribution in [-0.4, -0.2) is 87.9 Å². The van der Waals surface area contributed by atoms with Crippen LogP contribution in [0.5, 0.6) is 0 Å². The van der Waals surface area contributed by atoms with Crippen LogP contribution in [0.15, 0.2) is 4.99 Å². The van der Waals surface area contributed by atoms with Gasteiger partial charge in [0.15, 0.2) is 5.96 Å². The van der Waals surface area contributed by atoms with Gasteiger partial charge in [0.05, 0.1) is 19.8 Å². The average Bonchev–Trinajstić information content (AvgIpc) is 2.60. The van der Waals surface area contributed by atoms with Crippen LogP contribution in [0.2, 0.25) is 0 Å². The molecule has 1 saturated heterocycles. The van der Waals surface area contributed by atoms with Gasteiger partial charge in [0.1, 0.15) is 0 Å².